The van der Waals surface area contributed by atoms with Crippen LogP contribution in [-0.2, 0) is 0 Å². The number of urea groups is 1. The Hall–Kier alpha value is -3.80. The van der Waals surface area contributed by atoms with Crippen LogP contribution in [0.15, 0.2) is 73.1 Å². The third-order valence-electron chi connectivity index (χ3n) is 4.41. The topological polar surface area (TPSA) is 67.7 Å². The molecule has 0 unspecified atom stereocenters. The highest BCUT2D eigenvalue weighted by Gasteiger charge is 2.08. The summed E-state index contributed by atoms with van der Waals surface area (Å²) in [6.45, 7) is 2.05. The molecule has 2 heterocycles. The first kappa shape index (κ1) is 17.6. The maximum Gasteiger partial charge on any atom is 0.323 e. The van der Waals surface area contributed by atoms with Crippen molar-refractivity contribution in [2.45, 2.75) is 6.92 Å². The summed E-state index contributed by atoms with van der Waals surface area (Å²) < 4.78 is 7.24. The fourth-order valence-electron chi connectivity index (χ4n) is 2.98. The number of aryl methyl sites for hydroxylation is 1. The van der Waals surface area contributed by atoms with Gasteiger partial charge in [0.15, 0.2) is 0 Å². The predicted octanol–water partition coefficient (Wildman–Crippen LogP) is 4.96. The molecule has 0 aliphatic heterocycles. The van der Waals surface area contributed by atoms with Crippen molar-refractivity contribution in [2.24, 2.45) is 0 Å². The van der Waals surface area contributed by atoms with E-state index >= 15 is 0 Å². The van der Waals surface area contributed by atoms with E-state index in [1.807, 2.05) is 72.2 Å². The average Bonchev–Trinajstić information content (AvgIpc) is 3.12. The number of para-hydroxylation sites is 2. The van der Waals surface area contributed by atoms with Gasteiger partial charge in [-0.1, -0.05) is 24.3 Å². The number of fused-ring (bicyclic) bond motifs is 1. The molecule has 0 bridgehead atoms. The van der Waals surface area contributed by atoms with Crippen LogP contribution in [0.5, 0.6) is 5.75 Å². The van der Waals surface area contributed by atoms with Gasteiger partial charge in [0.2, 0.25) is 0 Å². The average molecular weight is 372 g/mol. The van der Waals surface area contributed by atoms with E-state index < -0.39 is 0 Å². The van der Waals surface area contributed by atoms with Gasteiger partial charge in [-0.25, -0.2) is 9.78 Å². The van der Waals surface area contributed by atoms with Gasteiger partial charge in [0.25, 0.3) is 0 Å². The Morgan fingerprint density at radius 2 is 1.82 bits per heavy atom. The quantitative estimate of drug-likeness (QED) is 0.532. The van der Waals surface area contributed by atoms with Gasteiger partial charge >= 0.3 is 6.03 Å². The number of pyridine rings is 1. The predicted molar refractivity (Wildman–Crippen MR) is 111 cm³/mol. The molecule has 0 atom stereocenters. The number of hydrogen-bond acceptors (Lipinski definition) is 3. The smallest absolute Gasteiger partial charge is 0.323 e. The molecule has 2 aromatic heterocycles. The highest BCUT2D eigenvalue weighted by atomic mass is 16.5. The summed E-state index contributed by atoms with van der Waals surface area (Å²) in [6.07, 6.45) is 3.99. The zero-order chi connectivity index (χ0) is 19.5. The molecular formula is C22H20N4O2. The number of imidazole rings is 1. The van der Waals surface area contributed by atoms with E-state index in [1.165, 1.54) is 5.56 Å². The van der Waals surface area contributed by atoms with Crippen molar-refractivity contribution in [3.05, 3.63) is 78.6 Å². The molecule has 0 spiro atoms. The van der Waals surface area contributed by atoms with Gasteiger partial charge < -0.3 is 19.8 Å². The first-order valence-corrected chi connectivity index (χ1v) is 8.89. The number of nitrogens with zero attached hydrogens (tertiary/aromatic N) is 2. The molecular weight excluding hydrogens is 352 g/mol. The lowest BCUT2D eigenvalue weighted by Gasteiger charge is -2.11. The van der Waals surface area contributed by atoms with Crippen molar-refractivity contribution in [1.82, 2.24) is 9.38 Å². The van der Waals surface area contributed by atoms with Gasteiger partial charge in [0.1, 0.15) is 11.4 Å². The largest absolute Gasteiger partial charge is 0.495 e. The Labute approximate surface area is 162 Å². The third-order valence-corrected chi connectivity index (χ3v) is 4.41. The number of benzene rings is 2. The Bertz CT molecular complexity index is 1130. The van der Waals surface area contributed by atoms with E-state index in [2.05, 4.69) is 15.6 Å². The van der Waals surface area contributed by atoms with Gasteiger partial charge in [-0.05, 0) is 48.9 Å². The van der Waals surface area contributed by atoms with E-state index in [4.69, 9.17) is 4.74 Å². The van der Waals surface area contributed by atoms with Crippen LogP contribution >= 0.6 is 0 Å². The minimum absolute atomic E-state index is 0.333. The van der Waals surface area contributed by atoms with Crippen LogP contribution in [0.25, 0.3) is 16.9 Å². The second-order valence-electron chi connectivity index (χ2n) is 6.45. The number of aromatic nitrogens is 2. The van der Waals surface area contributed by atoms with Crippen molar-refractivity contribution >= 4 is 23.1 Å². The van der Waals surface area contributed by atoms with Crippen LogP contribution in [0.2, 0.25) is 0 Å². The summed E-state index contributed by atoms with van der Waals surface area (Å²) in [4.78, 5) is 16.9. The van der Waals surface area contributed by atoms with E-state index in [0.717, 1.165) is 16.9 Å². The Balaban J connectivity index is 1.47. The normalized spacial score (nSPS) is 10.6. The molecule has 140 valence electrons. The number of nitrogens with one attached hydrogen (secondary N) is 2. The third kappa shape index (κ3) is 3.66. The number of amides is 2. The van der Waals surface area contributed by atoms with Crippen LogP contribution in [0.4, 0.5) is 16.2 Å². The molecule has 6 heteroatoms. The van der Waals surface area contributed by atoms with Gasteiger partial charge in [0.05, 0.1) is 18.5 Å². The summed E-state index contributed by atoms with van der Waals surface area (Å²) in [5, 5.41) is 5.61. The maximum atomic E-state index is 12.3. The minimum Gasteiger partial charge on any atom is -0.495 e. The van der Waals surface area contributed by atoms with E-state index in [9.17, 15) is 4.79 Å². The fraction of sp³-hybridized carbons (Fsp3) is 0.0909. The summed E-state index contributed by atoms with van der Waals surface area (Å²) >= 11 is 0. The summed E-state index contributed by atoms with van der Waals surface area (Å²) in [5.41, 5.74) is 5.25. The molecule has 0 saturated carbocycles. The first-order valence-electron chi connectivity index (χ1n) is 8.89. The SMILES string of the molecule is COc1ccccc1NC(=O)Nc1ccc(-c2cn3ccc(C)cc3n2)cc1. The molecule has 4 aromatic rings. The van der Waals surface area contributed by atoms with Crippen molar-refractivity contribution in [1.29, 1.82) is 0 Å². The summed E-state index contributed by atoms with van der Waals surface area (Å²) in [7, 11) is 1.57. The second kappa shape index (κ2) is 7.44. The fourth-order valence-corrected chi connectivity index (χ4v) is 2.98. The lowest BCUT2D eigenvalue weighted by atomic mass is 10.1. The summed E-state index contributed by atoms with van der Waals surface area (Å²) in [5.74, 6) is 0.607. The summed E-state index contributed by atoms with van der Waals surface area (Å²) in [6, 6.07) is 18.6. The van der Waals surface area contributed by atoms with Crippen LogP contribution in [0.1, 0.15) is 5.56 Å². The van der Waals surface area contributed by atoms with Gasteiger partial charge in [-0.2, -0.15) is 0 Å². The lowest BCUT2D eigenvalue weighted by Crippen LogP contribution is -2.19. The Morgan fingerprint density at radius 3 is 2.61 bits per heavy atom. The van der Waals surface area contributed by atoms with E-state index in [1.54, 1.807) is 19.2 Å². The molecule has 4 rings (SSSR count). The number of carbonyl (C=O) groups is 1. The van der Waals surface area contributed by atoms with E-state index in [0.29, 0.717) is 17.1 Å². The van der Waals surface area contributed by atoms with Gasteiger partial charge in [-0.15, -0.1) is 0 Å². The standard InChI is InChI=1S/C22H20N4O2/c1-15-11-12-26-14-19(24-21(26)13-15)16-7-9-17(10-8-16)23-22(27)25-18-5-3-4-6-20(18)28-2/h3-14H,1-2H3,(H2,23,25,27). The number of rotatable bonds is 4. The van der Waals surface area contributed by atoms with E-state index in [-0.39, 0.29) is 6.03 Å². The van der Waals surface area contributed by atoms with Gasteiger partial charge in [0, 0.05) is 23.6 Å². The zero-order valence-corrected chi connectivity index (χ0v) is 15.6. The highest BCUT2D eigenvalue weighted by Crippen LogP contribution is 2.24. The zero-order valence-electron chi connectivity index (χ0n) is 15.6. The molecule has 0 radical (unpaired) electrons. The molecule has 0 aliphatic rings. The number of carbonyl (C=O) groups excluding carboxylic acids is 1. The second-order valence-corrected chi connectivity index (χ2v) is 6.45. The minimum atomic E-state index is -0.333. The van der Waals surface area contributed by atoms with Crippen molar-refractivity contribution < 1.29 is 9.53 Å². The van der Waals surface area contributed by atoms with Crippen LogP contribution < -0.4 is 15.4 Å². The number of methoxy groups -OCH3 is 1. The Kier molecular flexibility index (Phi) is 4.68. The molecule has 2 aromatic carbocycles. The highest BCUT2D eigenvalue weighted by molar-refractivity contribution is 6.00. The maximum absolute atomic E-state index is 12.3. The molecule has 2 N–H and O–H groups in total. The first-order chi connectivity index (χ1) is 13.6. The molecule has 0 aliphatic carbocycles. The van der Waals surface area contributed by atoms with Crippen LogP contribution in [0.3, 0.4) is 0 Å². The van der Waals surface area contributed by atoms with Crippen LogP contribution in [-0.4, -0.2) is 22.5 Å². The molecule has 28 heavy (non-hydrogen) atoms. The monoisotopic (exact) mass is 372 g/mol. The van der Waals surface area contributed by atoms with Gasteiger partial charge in [-0.3, -0.25) is 0 Å². The Morgan fingerprint density at radius 1 is 1.04 bits per heavy atom. The number of anilines is 2. The molecule has 0 fully saturated rings. The molecule has 2 amide bonds. The number of hydrogen-bond donors (Lipinski definition) is 2. The van der Waals surface area contributed by atoms with Crippen LogP contribution in [0, 0.1) is 6.92 Å². The van der Waals surface area contributed by atoms with Crippen molar-refractivity contribution in [3.8, 4) is 17.0 Å². The lowest BCUT2D eigenvalue weighted by molar-refractivity contribution is 0.262. The molecule has 6 nitrogen and oxygen atoms in total. The van der Waals surface area contributed by atoms with Crippen molar-refractivity contribution in [3.63, 3.8) is 0 Å². The molecule has 0 saturated heterocycles. The number of ether oxygens (including phenoxy) is 1. The van der Waals surface area contributed by atoms with Crippen molar-refractivity contribution in [2.75, 3.05) is 17.7 Å².